The van der Waals surface area contributed by atoms with E-state index in [-0.39, 0.29) is 24.5 Å². The van der Waals surface area contributed by atoms with Crippen molar-refractivity contribution in [3.63, 3.8) is 0 Å². The number of ether oxygens (including phenoxy) is 1. The molecule has 0 atom stereocenters. The molecule has 0 saturated carbocycles. The van der Waals surface area contributed by atoms with Crippen molar-refractivity contribution < 1.29 is 14.3 Å². The first-order valence-corrected chi connectivity index (χ1v) is 11.4. The van der Waals surface area contributed by atoms with Gasteiger partial charge in [0.05, 0.1) is 24.1 Å². The number of nitrogens with zero attached hydrogens (tertiary/aromatic N) is 2. The maximum absolute atomic E-state index is 12.6. The Balaban J connectivity index is 1.40. The normalized spacial score (nSPS) is 10.6. The van der Waals surface area contributed by atoms with Gasteiger partial charge in [0, 0.05) is 35.7 Å². The lowest BCUT2D eigenvalue weighted by atomic mass is 10.0. The van der Waals surface area contributed by atoms with Crippen LogP contribution < -0.4 is 10.1 Å². The van der Waals surface area contributed by atoms with Crippen molar-refractivity contribution in [3.05, 3.63) is 83.4 Å². The van der Waals surface area contributed by atoms with Crippen LogP contribution in [0.25, 0.3) is 22.0 Å². The Morgan fingerprint density at radius 1 is 1.00 bits per heavy atom. The molecule has 0 radical (unpaired) electrons. The molecule has 4 rings (SSSR count). The summed E-state index contributed by atoms with van der Waals surface area (Å²) in [4.78, 5) is 34.1. The van der Waals surface area contributed by atoms with Gasteiger partial charge in [-0.2, -0.15) is 0 Å². The third-order valence-electron chi connectivity index (χ3n) is 5.06. The smallest absolute Gasteiger partial charge is 0.224 e. The van der Waals surface area contributed by atoms with Gasteiger partial charge < -0.3 is 10.1 Å². The number of nitrogens with one attached hydrogen (secondary N) is 1. The molecule has 0 aliphatic carbocycles. The van der Waals surface area contributed by atoms with Crippen LogP contribution in [0.15, 0.2) is 72.2 Å². The fraction of sp³-hybridized carbons (Fsp3) is 0.154. The molecule has 2 heterocycles. The number of aryl methyl sites for hydroxylation is 1. The van der Waals surface area contributed by atoms with E-state index in [4.69, 9.17) is 4.74 Å². The van der Waals surface area contributed by atoms with Gasteiger partial charge in [-0.05, 0) is 43.3 Å². The van der Waals surface area contributed by atoms with Crippen molar-refractivity contribution in [3.8, 4) is 27.7 Å². The maximum Gasteiger partial charge on any atom is 0.224 e. The third-order valence-corrected chi connectivity index (χ3v) is 5.93. The predicted molar refractivity (Wildman–Crippen MR) is 131 cm³/mol. The molecule has 33 heavy (non-hydrogen) atoms. The number of carbonyl (C=O) groups is 2. The first-order chi connectivity index (χ1) is 16.0. The highest BCUT2D eigenvalue weighted by Gasteiger charge is 2.15. The van der Waals surface area contributed by atoms with Crippen LogP contribution in [0.4, 0.5) is 5.69 Å². The maximum atomic E-state index is 12.6. The van der Waals surface area contributed by atoms with Gasteiger partial charge in [-0.25, -0.2) is 4.98 Å². The van der Waals surface area contributed by atoms with E-state index >= 15 is 0 Å². The minimum absolute atomic E-state index is 0.0840. The largest absolute Gasteiger partial charge is 0.496 e. The summed E-state index contributed by atoms with van der Waals surface area (Å²) in [5.74, 6) is 0.176. The third kappa shape index (κ3) is 5.51. The van der Waals surface area contributed by atoms with Gasteiger partial charge in [0.25, 0.3) is 0 Å². The number of carbonyl (C=O) groups excluding carboxylic acids is 2. The number of hydrogen-bond acceptors (Lipinski definition) is 6. The number of pyridine rings is 1. The summed E-state index contributed by atoms with van der Waals surface area (Å²) in [5.41, 5.74) is 4.66. The van der Waals surface area contributed by atoms with Gasteiger partial charge in [0.1, 0.15) is 10.8 Å². The zero-order chi connectivity index (χ0) is 23.2. The van der Waals surface area contributed by atoms with Crippen LogP contribution in [-0.2, 0) is 4.79 Å². The molecule has 2 aromatic carbocycles. The van der Waals surface area contributed by atoms with E-state index in [0.717, 1.165) is 27.5 Å². The van der Waals surface area contributed by atoms with Gasteiger partial charge >= 0.3 is 0 Å². The molecule has 0 aliphatic heterocycles. The van der Waals surface area contributed by atoms with Crippen LogP contribution in [0, 0.1) is 6.92 Å². The van der Waals surface area contributed by atoms with Crippen LogP contribution in [0.1, 0.15) is 28.8 Å². The van der Waals surface area contributed by atoms with Crippen LogP contribution in [0.2, 0.25) is 0 Å². The molecule has 0 bridgehead atoms. The first kappa shape index (κ1) is 22.4. The molecule has 7 heteroatoms. The Bertz CT molecular complexity index is 1280. The number of aromatic nitrogens is 2. The summed E-state index contributed by atoms with van der Waals surface area (Å²) in [6.07, 6.45) is 1.93. The van der Waals surface area contributed by atoms with Gasteiger partial charge in [0.2, 0.25) is 5.91 Å². The molecular weight excluding hydrogens is 434 g/mol. The van der Waals surface area contributed by atoms with E-state index in [1.165, 1.54) is 18.4 Å². The summed E-state index contributed by atoms with van der Waals surface area (Å²) in [5, 5.41) is 5.69. The first-order valence-electron chi connectivity index (χ1n) is 10.5. The van der Waals surface area contributed by atoms with Crippen LogP contribution in [0.5, 0.6) is 5.75 Å². The highest BCUT2D eigenvalue weighted by molar-refractivity contribution is 7.13. The predicted octanol–water partition coefficient (Wildman–Crippen LogP) is 5.79. The molecule has 0 fully saturated rings. The quantitative estimate of drug-likeness (QED) is 0.339. The average Bonchev–Trinajstić information content (AvgIpc) is 3.34. The van der Waals surface area contributed by atoms with Gasteiger partial charge in [-0.1, -0.05) is 29.8 Å². The number of benzene rings is 2. The zero-order valence-corrected chi connectivity index (χ0v) is 19.2. The van der Waals surface area contributed by atoms with E-state index in [1.807, 2.05) is 60.8 Å². The number of hydrogen-bond donors (Lipinski definition) is 1. The minimum atomic E-state index is -0.223. The monoisotopic (exact) mass is 457 g/mol. The molecule has 6 nitrogen and oxygen atoms in total. The Labute approximate surface area is 196 Å². The Morgan fingerprint density at radius 3 is 2.67 bits per heavy atom. The number of ketones is 1. The highest BCUT2D eigenvalue weighted by Crippen LogP contribution is 2.29. The van der Waals surface area contributed by atoms with E-state index in [0.29, 0.717) is 17.0 Å². The summed E-state index contributed by atoms with van der Waals surface area (Å²) < 4.78 is 5.28. The SMILES string of the molecule is COc1ccc(C)cc1C(=O)CCC(=O)Nc1cccc(-c2csc(-c3ccccn3)n2)c1. The average molecular weight is 458 g/mol. The lowest BCUT2D eigenvalue weighted by molar-refractivity contribution is -0.116. The van der Waals surface area contributed by atoms with Crippen molar-refractivity contribution >= 4 is 28.7 Å². The van der Waals surface area contributed by atoms with Gasteiger partial charge in [-0.15, -0.1) is 11.3 Å². The van der Waals surface area contributed by atoms with E-state index in [9.17, 15) is 9.59 Å². The van der Waals surface area contributed by atoms with Crippen molar-refractivity contribution in [1.82, 2.24) is 9.97 Å². The van der Waals surface area contributed by atoms with Crippen molar-refractivity contribution in [2.75, 3.05) is 12.4 Å². The number of methoxy groups -OCH3 is 1. The van der Waals surface area contributed by atoms with Crippen LogP contribution in [0.3, 0.4) is 0 Å². The lowest BCUT2D eigenvalue weighted by Crippen LogP contribution is -2.14. The van der Waals surface area contributed by atoms with Gasteiger partial charge in [-0.3, -0.25) is 14.6 Å². The summed E-state index contributed by atoms with van der Waals surface area (Å²) in [6.45, 7) is 1.91. The Kier molecular flexibility index (Phi) is 6.90. The van der Waals surface area contributed by atoms with E-state index in [1.54, 1.807) is 18.3 Å². The second-order valence-electron chi connectivity index (χ2n) is 7.51. The molecule has 0 unspecified atom stereocenters. The summed E-state index contributed by atoms with van der Waals surface area (Å²) in [7, 11) is 1.53. The van der Waals surface area contributed by atoms with Crippen molar-refractivity contribution in [2.45, 2.75) is 19.8 Å². The van der Waals surface area contributed by atoms with Crippen LogP contribution >= 0.6 is 11.3 Å². The lowest BCUT2D eigenvalue weighted by Gasteiger charge is -2.09. The zero-order valence-electron chi connectivity index (χ0n) is 18.4. The molecule has 1 amide bonds. The van der Waals surface area contributed by atoms with Gasteiger partial charge in [0.15, 0.2) is 5.78 Å². The van der Waals surface area contributed by atoms with E-state index < -0.39 is 0 Å². The minimum Gasteiger partial charge on any atom is -0.496 e. The van der Waals surface area contributed by atoms with Crippen molar-refractivity contribution in [2.24, 2.45) is 0 Å². The van der Waals surface area contributed by atoms with Crippen molar-refractivity contribution in [1.29, 1.82) is 0 Å². The highest BCUT2D eigenvalue weighted by atomic mass is 32.1. The molecule has 0 saturated heterocycles. The second kappa shape index (κ2) is 10.2. The standard InChI is InChI=1S/C26H23N3O3S/c1-17-9-11-24(32-2)20(14-17)23(30)10-12-25(31)28-19-7-5-6-18(15-19)22-16-33-26(29-22)21-8-3-4-13-27-21/h3-9,11,13-16H,10,12H2,1-2H3,(H,28,31). The fourth-order valence-electron chi connectivity index (χ4n) is 3.39. The van der Waals surface area contributed by atoms with Crippen LogP contribution in [-0.4, -0.2) is 28.8 Å². The number of amides is 1. The summed E-state index contributed by atoms with van der Waals surface area (Å²) >= 11 is 1.52. The Morgan fingerprint density at radius 2 is 1.88 bits per heavy atom. The molecule has 4 aromatic rings. The molecule has 0 aliphatic rings. The summed E-state index contributed by atoms with van der Waals surface area (Å²) in [6, 6.07) is 18.7. The second-order valence-corrected chi connectivity index (χ2v) is 8.37. The molecule has 166 valence electrons. The number of anilines is 1. The molecule has 2 aromatic heterocycles. The fourth-order valence-corrected chi connectivity index (χ4v) is 4.20. The number of thiazole rings is 1. The molecule has 0 spiro atoms. The molecular formula is C26H23N3O3S. The topological polar surface area (TPSA) is 81.2 Å². The number of rotatable bonds is 8. The van der Waals surface area contributed by atoms with E-state index in [2.05, 4.69) is 15.3 Å². The number of Topliss-reactive ketones (excluding diaryl/α,β-unsaturated/α-hetero) is 1. The Hall–Kier alpha value is -3.84. The molecule has 1 N–H and O–H groups in total.